The maximum atomic E-state index is 3.76. The average Bonchev–Trinajstić information content (AvgIpc) is 2.49. The maximum Gasteiger partial charge on any atom is 0.0145 e. The molecule has 1 aliphatic rings. The summed E-state index contributed by atoms with van der Waals surface area (Å²) >= 11 is 0. The van der Waals surface area contributed by atoms with Crippen LogP contribution in [0.4, 0.5) is 0 Å². The zero-order valence-electron chi connectivity index (χ0n) is 14.0. The van der Waals surface area contributed by atoms with Gasteiger partial charge in [0.15, 0.2) is 0 Å². The topological polar surface area (TPSA) is 12.0 Å². The molecule has 21 heavy (non-hydrogen) atoms. The summed E-state index contributed by atoms with van der Waals surface area (Å²) in [5.41, 5.74) is 5.97. The van der Waals surface area contributed by atoms with E-state index in [0.717, 1.165) is 13.0 Å². The van der Waals surface area contributed by atoms with Crippen LogP contribution in [0.5, 0.6) is 0 Å². The van der Waals surface area contributed by atoms with Crippen molar-refractivity contribution in [2.24, 2.45) is 0 Å². The highest BCUT2D eigenvalue weighted by Crippen LogP contribution is 2.23. The molecule has 0 radical (unpaired) electrons. The molecule has 0 heterocycles. The number of aryl methyl sites for hydroxylation is 2. The van der Waals surface area contributed by atoms with Gasteiger partial charge in [-0.3, -0.25) is 0 Å². The van der Waals surface area contributed by atoms with E-state index in [1.807, 2.05) is 0 Å². The maximum absolute atomic E-state index is 3.76. The summed E-state index contributed by atoms with van der Waals surface area (Å²) in [7, 11) is 0. The first kappa shape index (κ1) is 16.3. The van der Waals surface area contributed by atoms with Crippen LogP contribution in [0.2, 0.25) is 0 Å². The zero-order chi connectivity index (χ0) is 15.1. The van der Waals surface area contributed by atoms with Gasteiger partial charge in [-0.25, -0.2) is 0 Å². The minimum atomic E-state index is 0.594. The lowest BCUT2D eigenvalue weighted by atomic mass is 9.91. The molecule has 0 saturated heterocycles. The van der Waals surface area contributed by atoms with E-state index in [0.29, 0.717) is 6.04 Å². The first-order chi connectivity index (χ1) is 10.2. The van der Waals surface area contributed by atoms with Gasteiger partial charge in [0.2, 0.25) is 0 Å². The lowest BCUT2D eigenvalue weighted by Crippen LogP contribution is -2.32. The standard InChI is InChI=1S/C20H31N/c1-4-12-21-20(14-18-8-6-5-7-9-18)15-19-11-10-16(2)17(3)13-19/h8,10-11,13,20-21H,4-7,9,12,14-15H2,1-3H3. The Morgan fingerprint density at radius 1 is 1.10 bits per heavy atom. The molecule has 2 rings (SSSR count). The van der Waals surface area contributed by atoms with Crippen molar-refractivity contribution in [2.75, 3.05) is 6.54 Å². The summed E-state index contributed by atoms with van der Waals surface area (Å²) in [6.07, 6.45) is 11.5. The summed E-state index contributed by atoms with van der Waals surface area (Å²) < 4.78 is 0. The first-order valence-corrected chi connectivity index (χ1v) is 8.66. The van der Waals surface area contributed by atoms with Gasteiger partial charge in [-0.1, -0.05) is 36.8 Å². The van der Waals surface area contributed by atoms with E-state index in [1.165, 1.54) is 55.2 Å². The van der Waals surface area contributed by atoms with Crippen LogP contribution >= 0.6 is 0 Å². The van der Waals surface area contributed by atoms with Crippen LogP contribution in [0.25, 0.3) is 0 Å². The lowest BCUT2D eigenvalue weighted by molar-refractivity contribution is 0.490. The zero-order valence-corrected chi connectivity index (χ0v) is 14.0. The Kier molecular flexibility index (Phi) is 6.50. The molecule has 0 aromatic heterocycles. The van der Waals surface area contributed by atoms with Crippen molar-refractivity contribution in [3.63, 3.8) is 0 Å². The minimum absolute atomic E-state index is 0.594. The molecule has 116 valence electrons. The van der Waals surface area contributed by atoms with Crippen LogP contribution in [0.3, 0.4) is 0 Å². The molecule has 1 unspecified atom stereocenters. The van der Waals surface area contributed by atoms with Crippen molar-refractivity contribution < 1.29 is 0 Å². The van der Waals surface area contributed by atoms with E-state index in [2.05, 4.69) is 50.4 Å². The number of nitrogens with one attached hydrogen (secondary N) is 1. The van der Waals surface area contributed by atoms with Crippen molar-refractivity contribution in [3.05, 3.63) is 46.5 Å². The van der Waals surface area contributed by atoms with Gasteiger partial charge in [-0.05, 0) is 82.0 Å². The fourth-order valence-corrected chi connectivity index (χ4v) is 3.19. The fourth-order valence-electron chi connectivity index (χ4n) is 3.19. The van der Waals surface area contributed by atoms with Gasteiger partial charge in [-0.2, -0.15) is 0 Å². The van der Waals surface area contributed by atoms with Crippen LogP contribution in [0.1, 0.15) is 62.1 Å². The molecular weight excluding hydrogens is 254 g/mol. The van der Waals surface area contributed by atoms with E-state index in [4.69, 9.17) is 0 Å². The highest BCUT2D eigenvalue weighted by Gasteiger charge is 2.13. The molecule has 0 bridgehead atoms. The molecule has 1 N–H and O–H groups in total. The Bertz CT molecular complexity index is 473. The van der Waals surface area contributed by atoms with Crippen molar-refractivity contribution in [3.8, 4) is 0 Å². The summed E-state index contributed by atoms with van der Waals surface area (Å²) in [5, 5.41) is 3.76. The molecule has 1 atom stereocenters. The van der Waals surface area contributed by atoms with E-state index >= 15 is 0 Å². The highest BCUT2D eigenvalue weighted by molar-refractivity contribution is 5.30. The number of benzene rings is 1. The normalized spacial score (nSPS) is 16.6. The lowest BCUT2D eigenvalue weighted by Gasteiger charge is -2.22. The van der Waals surface area contributed by atoms with Crippen LogP contribution in [0.15, 0.2) is 29.8 Å². The third-order valence-electron chi connectivity index (χ3n) is 4.63. The first-order valence-electron chi connectivity index (χ1n) is 8.66. The Hall–Kier alpha value is -1.08. The van der Waals surface area contributed by atoms with Crippen molar-refractivity contribution in [1.82, 2.24) is 5.32 Å². The van der Waals surface area contributed by atoms with Gasteiger partial charge < -0.3 is 5.32 Å². The summed E-state index contributed by atoms with van der Waals surface area (Å²) in [4.78, 5) is 0. The van der Waals surface area contributed by atoms with Crippen LogP contribution in [-0.4, -0.2) is 12.6 Å². The number of hydrogen-bond acceptors (Lipinski definition) is 1. The highest BCUT2D eigenvalue weighted by atomic mass is 14.9. The van der Waals surface area contributed by atoms with E-state index < -0.39 is 0 Å². The molecule has 0 fully saturated rings. The molecule has 1 heteroatoms. The third-order valence-corrected chi connectivity index (χ3v) is 4.63. The molecular formula is C20H31N. The predicted octanol–water partition coefficient (Wildman–Crippen LogP) is 5.10. The van der Waals surface area contributed by atoms with Crippen molar-refractivity contribution >= 4 is 0 Å². The molecule has 0 aliphatic heterocycles. The minimum Gasteiger partial charge on any atom is -0.313 e. The van der Waals surface area contributed by atoms with Crippen LogP contribution < -0.4 is 5.32 Å². The number of rotatable bonds is 7. The smallest absolute Gasteiger partial charge is 0.0145 e. The number of allylic oxidation sites excluding steroid dienone is 1. The van der Waals surface area contributed by atoms with E-state index in [-0.39, 0.29) is 0 Å². The third kappa shape index (κ3) is 5.32. The number of hydrogen-bond donors (Lipinski definition) is 1. The summed E-state index contributed by atoms with van der Waals surface area (Å²) in [6.45, 7) is 7.79. The second-order valence-electron chi connectivity index (χ2n) is 6.59. The van der Waals surface area contributed by atoms with Crippen LogP contribution in [-0.2, 0) is 6.42 Å². The largest absolute Gasteiger partial charge is 0.313 e. The predicted molar refractivity (Wildman–Crippen MR) is 92.9 cm³/mol. The Morgan fingerprint density at radius 2 is 1.95 bits per heavy atom. The Labute approximate surface area is 130 Å². The van der Waals surface area contributed by atoms with Crippen molar-refractivity contribution in [2.45, 2.75) is 71.8 Å². The van der Waals surface area contributed by atoms with Gasteiger partial charge in [0, 0.05) is 6.04 Å². The van der Waals surface area contributed by atoms with Crippen molar-refractivity contribution in [1.29, 1.82) is 0 Å². The molecule has 1 aromatic carbocycles. The quantitative estimate of drug-likeness (QED) is 0.687. The monoisotopic (exact) mass is 285 g/mol. The molecule has 0 amide bonds. The molecule has 0 saturated carbocycles. The second kappa shape index (κ2) is 8.38. The van der Waals surface area contributed by atoms with Gasteiger partial charge >= 0.3 is 0 Å². The summed E-state index contributed by atoms with van der Waals surface area (Å²) in [5.74, 6) is 0. The SMILES string of the molecule is CCCNC(CC1=CCCCC1)Cc1ccc(C)c(C)c1. The van der Waals surface area contributed by atoms with Gasteiger partial charge in [0.05, 0.1) is 0 Å². The van der Waals surface area contributed by atoms with Gasteiger partial charge in [0.1, 0.15) is 0 Å². The second-order valence-corrected chi connectivity index (χ2v) is 6.59. The molecule has 1 nitrogen and oxygen atoms in total. The fraction of sp³-hybridized carbons (Fsp3) is 0.600. The summed E-state index contributed by atoms with van der Waals surface area (Å²) in [6, 6.07) is 7.53. The van der Waals surface area contributed by atoms with E-state index in [1.54, 1.807) is 5.57 Å². The average molecular weight is 285 g/mol. The molecule has 1 aliphatic carbocycles. The van der Waals surface area contributed by atoms with Gasteiger partial charge in [-0.15, -0.1) is 0 Å². The van der Waals surface area contributed by atoms with Crippen LogP contribution in [0, 0.1) is 13.8 Å². The molecule has 1 aromatic rings. The Balaban J connectivity index is 2.00. The van der Waals surface area contributed by atoms with Gasteiger partial charge in [0.25, 0.3) is 0 Å². The molecule has 0 spiro atoms. The van der Waals surface area contributed by atoms with E-state index in [9.17, 15) is 0 Å². The Morgan fingerprint density at radius 3 is 2.62 bits per heavy atom.